The second-order valence-corrected chi connectivity index (χ2v) is 6.40. The summed E-state index contributed by atoms with van der Waals surface area (Å²) in [5.74, 6) is 0. The topological polar surface area (TPSA) is 21.3 Å². The number of rotatable bonds is 7. The SMILES string of the molecule is CCNC(Cc1cc(C)cc(C)c1)CC1(OC)CCC1. The fraction of sp³-hybridized carbons (Fsp3) is 0.667. The van der Waals surface area contributed by atoms with Crippen molar-refractivity contribution in [2.75, 3.05) is 13.7 Å². The molecule has 0 heterocycles. The molecule has 2 heteroatoms. The van der Waals surface area contributed by atoms with Crippen molar-refractivity contribution < 1.29 is 4.74 Å². The van der Waals surface area contributed by atoms with Crippen LogP contribution in [-0.2, 0) is 11.2 Å². The van der Waals surface area contributed by atoms with Crippen LogP contribution in [0.25, 0.3) is 0 Å². The molecule has 0 aromatic heterocycles. The smallest absolute Gasteiger partial charge is 0.0693 e. The number of methoxy groups -OCH3 is 1. The first-order valence-corrected chi connectivity index (χ1v) is 7.92. The van der Waals surface area contributed by atoms with Crippen LogP contribution in [0.4, 0.5) is 0 Å². The van der Waals surface area contributed by atoms with Crippen LogP contribution < -0.4 is 5.32 Å². The molecule has 0 saturated heterocycles. The lowest BCUT2D eigenvalue weighted by Gasteiger charge is -2.43. The predicted molar refractivity (Wildman–Crippen MR) is 85.3 cm³/mol. The zero-order valence-electron chi connectivity index (χ0n) is 13.5. The van der Waals surface area contributed by atoms with Crippen LogP contribution in [0.1, 0.15) is 49.3 Å². The normalized spacial score (nSPS) is 18.6. The minimum atomic E-state index is 0.145. The molecule has 0 amide bonds. The molecule has 1 fully saturated rings. The van der Waals surface area contributed by atoms with E-state index in [-0.39, 0.29) is 5.60 Å². The fourth-order valence-corrected chi connectivity index (χ4v) is 3.49. The fourth-order valence-electron chi connectivity index (χ4n) is 3.49. The average molecular weight is 275 g/mol. The Labute approximate surface area is 123 Å². The molecule has 0 spiro atoms. The summed E-state index contributed by atoms with van der Waals surface area (Å²) < 4.78 is 5.80. The van der Waals surface area contributed by atoms with Gasteiger partial charge in [-0.05, 0) is 58.1 Å². The van der Waals surface area contributed by atoms with Gasteiger partial charge in [-0.2, -0.15) is 0 Å². The molecule has 1 aliphatic rings. The van der Waals surface area contributed by atoms with Crippen molar-refractivity contribution in [1.29, 1.82) is 0 Å². The van der Waals surface area contributed by atoms with Crippen LogP contribution in [0, 0.1) is 13.8 Å². The highest BCUT2D eigenvalue weighted by molar-refractivity contribution is 5.29. The minimum Gasteiger partial charge on any atom is -0.378 e. The summed E-state index contributed by atoms with van der Waals surface area (Å²) in [6.07, 6.45) is 5.98. The monoisotopic (exact) mass is 275 g/mol. The van der Waals surface area contributed by atoms with Crippen LogP contribution in [-0.4, -0.2) is 25.3 Å². The number of likely N-dealkylation sites (N-methyl/N-ethyl adjacent to an activating group) is 1. The van der Waals surface area contributed by atoms with Gasteiger partial charge in [-0.3, -0.25) is 0 Å². The Balaban J connectivity index is 2.04. The van der Waals surface area contributed by atoms with Crippen molar-refractivity contribution in [3.05, 3.63) is 34.9 Å². The molecule has 1 aromatic rings. The molecule has 1 N–H and O–H groups in total. The summed E-state index contributed by atoms with van der Waals surface area (Å²) in [5.41, 5.74) is 4.31. The van der Waals surface area contributed by atoms with Crippen molar-refractivity contribution in [3.8, 4) is 0 Å². The van der Waals surface area contributed by atoms with Crippen molar-refractivity contribution in [2.24, 2.45) is 0 Å². The quantitative estimate of drug-likeness (QED) is 0.817. The third-order valence-electron chi connectivity index (χ3n) is 4.57. The first-order valence-electron chi connectivity index (χ1n) is 7.92. The summed E-state index contributed by atoms with van der Waals surface area (Å²) in [6, 6.07) is 7.39. The molecular formula is C18H29NO. The van der Waals surface area contributed by atoms with Gasteiger partial charge in [-0.15, -0.1) is 0 Å². The highest BCUT2D eigenvalue weighted by Crippen LogP contribution is 2.39. The van der Waals surface area contributed by atoms with Gasteiger partial charge in [0.05, 0.1) is 5.60 Å². The molecule has 0 bridgehead atoms. The number of benzene rings is 1. The summed E-state index contributed by atoms with van der Waals surface area (Å²) >= 11 is 0. The maximum absolute atomic E-state index is 5.80. The van der Waals surface area contributed by atoms with Crippen LogP contribution >= 0.6 is 0 Å². The van der Waals surface area contributed by atoms with Crippen molar-refractivity contribution in [1.82, 2.24) is 5.32 Å². The Morgan fingerprint density at radius 1 is 1.20 bits per heavy atom. The molecule has 2 rings (SSSR count). The first-order chi connectivity index (χ1) is 9.57. The van der Waals surface area contributed by atoms with E-state index in [9.17, 15) is 0 Å². The Hall–Kier alpha value is -0.860. The molecule has 0 radical (unpaired) electrons. The summed E-state index contributed by atoms with van der Waals surface area (Å²) in [6.45, 7) is 7.58. The maximum Gasteiger partial charge on any atom is 0.0693 e. The third-order valence-corrected chi connectivity index (χ3v) is 4.57. The lowest BCUT2D eigenvalue weighted by Crippen LogP contribution is -2.46. The number of aryl methyl sites for hydroxylation is 2. The van der Waals surface area contributed by atoms with E-state index in [1.807, 2.05) is 7.11 Å². The van der Waals surface area contributed by atoms with Crippen LogP contribution in [0.2, 0.25) is 0 Å². The molecule has 1 unspecified atom stereocenters. The Kier molecular flexibility index (Phi) is 5.22. The van der Waals surface area contributed by atoms with E-state index in [0.717, 1.165) is 19.4 Å². The van der Waals surface area contributed by atoms with Gasteiger partial charge in [-0.1, -0.05) is 36.2 Å². The number of ether oxygens (including phenoxy) is 1. The number of nitrogens with one attached hydrogen (secondary N) is 1. The summed E-state index contributed by atoms with van der Waals surface area (Å²) in [5, 5.41) is 3.65. The van der Waals surface area contributed by atoms with Crippen LogP contribution in [0.5, 0.6) is 0 Å². The van der Waals surface area contributed by atoms with Crippen LogP contribution in [0.3, 0.4) is 0 Å². The van der Waals surface area contributed by atoms with Gasteiger partial charge in [0, 0.05) is 13.2 Å². The van der Waals surface area contributed by atoms with Gasteiger partial charge in [-0.25, -0.2) is 0 Å². The molecule has 112 valence electrons. The number of hydrogen-bond donors (Lipinski definition) is 1. The molecule has 1 saturated carbocycles. The molecule has 1 aliphatic carbocycles. The van der Waals surface area contributed by atoms with Gasteiger partial charge < -0.3 is 10.1 Å². The van der Waals surface area contributed by atoms with E-state index in [4.69, 9.17) is 4.74 Å². The molecular weight excluding hydrogens is 246 g/mol. The molecule has 0 aliphatic heterocycles. The second-order valence-electron chi connectivity index (χ2n) is 6.40. The minimum absolute atomic E-state index is 0.145. The highest BCUT2D eigenvalue weighted by atomic mass is 16.5. The van der Waals surface area contributed by atoms with Gasteiger partial charge in [0.25, 0.3) is 0 Å². The van der Waals surface area contributed by atoms with E-state index in [2.05, 4.69) is 44.3 Å². The van der Waals surface area contributed by atoms with E-state index in [1.165, 1.54) is 36.0 Å². The van der Waals surface area contributed by atoms with E-state index in [1.54, 1.807) is 0 Å². The first kappa shape index (κ1) is 15.5. The molecule has 1 aromatic carbocycles. The van der Waals surface area contributed by atoms with Gasteiger partial charge in [0.2, 0.25) is 0 Å². The zero-order chi connectivity index (χ0) is 14.6. The predicted octanol–water partition coefficient (Wildman–Crippen LogP) is 3.78. The molecule has 1 atom stereocenters. The zero-order valence-corrected chi connectivity index (χ0v) is 13.5. The van der Waals surface area contributed by atoms with Gasteiger partial charge >= 0.3 is 0 Å². The largest absolute Gasteiger partial charge is 0.378 e. The maximum atomic E-state index is 5.80. The van der Waals surface area contributed by atoms with Crippen LogP contribution in [0.15, 0.2) is 18.2 Å². The Morgan fingerprint density at radius 2 is 1.85 bits per heavy atom. The van der Waals surface area contributed by atoms with E-state index in [0.29, 0.717) is 6.04 Å². The summed E-state index contributed by atoms with van der Waals surface area (Å²) in [4.78, 5) is 0. The van der Waals surface area contributed by atoms with Gasteiger partial charge in [0.15, 0.2) is 0 Å². The standard InChI is InChI=1S/C18H29NO/c1-5-19-17(13-18(20-4)7-6-8-18)12-16-10-14(2)9-15(3)11-16/h9-11,17,19H,5-8,12-13H2,1-4H3. The van der Waals surface area contributed by atoms with Crippen molar-refractivity contribution >= 4 is 0 Å². The lowest BCUT2D eigenvalue weighted by molar-refractivity contribution is -0.0833. The second kappa shape index (κ2) is 6.73. The third kappa shape index (κ3) is 3.83. The van der Waals surface area contributed by atoms with Crippen molar-refractivity contribution in [3.63, 3.8) is 0 Å². The highest BCUT2D eigenvalue weighted by Gasteiger charge is 2.38. The molecule has 20 heavy (non-hydrogen) atoms. The van der Waals surface area contributed by atoms with E-state index >= 15 is 0 Å². The summed E-state index contributed by atoms with van der Waals surface area (Å²) in [7, 11) is 1.87. The Morgan fingerprint density at radius 3 is 2.30 bits per heavy atom. The van der Waals surface area contributed by atoms with Gasteiger partial charge in [0.1, 0.15) is 0 Å². The van der Waals surface area contributed by atoms with E-state index < -0.39 is 0 Å². The average Bonchev–Trinajstić information content (AvgIpc) is 2.32. The lowest BCUT2D eigenvalue weighted by atomic mass is 9.75. The molecule has 2 nitrogen and oxygen atoms in total. The Bertz CT molecular complexity index is 411. The number of hydrogen-bond acceptors (Lipinski definition) is 2. The van der Waals surface area contributed by atoms with Crippen molar-refractivity contribution in [2.45, 2.75) is 64.5 Å².